The van der Waals surface area contributed by atoms with E-state index in [1.54, 1.807) is 0 Å². The van der Waals surface area contributed by atoms with Crippen LogP contribution in [-0.2, 0) is 9.59 Å². The van der Waals surface area contributed by atoms with E-state index in [0.717, 1.165) is 12.8 Å². The molecule has 1 aliphatic carbocycles. The van der Waals surface area contributed by atoms with Gasteiger partial charge in [-0.05, 0) is 57.2 Å². The van der Waals surface area contributed by atoms with Gasteiger partial charge < -0.3 is 20.9 Å². The zero-order valence-electron chi connectivity index (χ0n) is 19.0. The second kappa shape index (κ2) is 9.26. The molecule has 0 radical (unpaired) electrons. The lowest BCUT2D eigenvalue weighted by Gasteiger charge is -2.21. The highest BCUT2D eigenvalue weighted by atomic mass is 35.5. The first kappa shape index (κ1) is 24.0. The standard InChI is InChI=1S/C24H27ClFN5O3/c1-24(2)10-14(21(32)31-24)6-15(11-27)28-22(33)19(5-12-3-4-12)30-23(34)20-8-13-7-17(26)16(25)9-18(13)29-20/h7-9,12,14-15,19,29H,3-6,10H2,1-2H3,(H,28,33)(H,30,34)(H,31,32)/t14-,15+,19?/m1/s1. The summed E-state index contributed by atoms with van der Waals surface area (Å²) in [6, 6.07) is 4.50. The van der Waals surface area contributed by atoms with Crippen LogP contribution in [0.2, 0.25) is 5.02 Å². The first-order valence-corrected chi connectivity index (χ1v) is 11.7. The van der Waals surface area contributed by atoms with Gasteiger partial charge in [0.1, 0.15) is 23.6 Å². The third-order valence-electron chi connectivity index (χ3n) is 6.38. The molecule has 2 aliphatic rings. The maximum atomic E-state index is 13.7. The SMILES string of the molecule is CC1(C)C[C@@H](C[C@@H](C#N)NC(=O)C(CC2CC2)NC(=O)c2cc3cc(F)c(Cl)cc3[nH]2)C(=O)N1. The number of aromatic amines is 1. The lowest BCUT2D eigenvalue weighted by Crippen LogP contribution is -2.50. The summed E-state index contributed by atoms with van der Waals surface area (Å²) in [5.74, 6) is -1.73. The van der Waals surface area contributed by atoms with Crippen LogP contribution in [0, 0.1) is 29.0 Å². The van der Waals surface area contributed by atoms with Crippen molar-refractivity contribution in [2.24, 2.45) is 11.8 Å². The van der Waals surface area contributed by atoms with Crippen molar-refractivity contribution >= 4 is 40.2 Å². The van der Waals surface area contributed by atoms with Crippen molar-refractivity contribution in [3.63, 3.8) is 0 Å². The number of benzene rings is 1. The number of amides is 3. The van der Waals surface area contributed by atoms with E-state index in [9.17, 15) is 24.0 Å². The fourth-order valence-corrected chi connectivity index (χ4v) is 4.65. The Morgan fingerprint density at radius 1 is 1.26 bits per heavy atom. The Labute approximate surface area is 201 Å². The van der Waals surface area contributed by atoms with Crippen LogP contribution in [0.4, 0.5) is 4.39 Å². The molecule has 1 unspecified atom stereocenters. The second-order valence-electron chi connectivity index (χ2n) is 9.94. The molecule has 3 atom stereocenters. The average molecular weight is 488 g/mol. The summed E-state index contributed by atoms with van der Waals surface area (Å²) >= 11 is 5.81. The molecule has 10 heteroatoms. The van der Waals surface area contributed by atoms with Gasteiger partial charge in [-0.1, -0.05) is 24.4 Å². The normalized spacial score (nSPS) is 20.9. The van der Waals surface area contributed by atoms with E-state index in [1.165, 1.54) is 18.2 Å². The molecule has 2 fully saturated rings. The number of aromatic nitrogens is 1. The number of H-pyrrole nitrogens is 1. The van der Waals surface area contributed by atoms with Crippen LogP contribution in [0.3, 0.4) is 0 Å². The van der Waals surface area contributed by atoms with Gasteiger partial charge in [-0.3, -0.25) is 14.4 Å². The van der Waals surface area contributed by atoms with Crippen LogP contribution in [0.1, 0.15) is 56.4 Å². The summed E-state index contributed by atoms with van der Waals surface area (Å²) in [6.45, 7) is 3.83. The molecule has 4 N–H and O–H groups in total. The number of carbonyl (C=O) groups is 3. The topological polar surface area (TPSA) is 127 Å². The van der Waals surface area contributed by atoms with Gasteiger partial charge in [0, 0.05) is 22.4 Å². The van der Waals surface area contributed by atoms with Gasteiger partial charge in [-0.2, -0.15) is 5.26 Å². The van der Waals surface area contributed by atoms with Gasteiger partial charge >= 0.3 is 0 Å². The highest BCUT2D eigenvalue weighted by Crippen LogP contribution is 2.34. The molecule has 34 heavy (non-hydrogen) atoms. The molecule has 1 saturated carbocycles. The van der Waals surface area contributed by atoms with Crippen molar-refractivity contribution in [1.82, 2.24) is 20.9 Å². The number of carbonyl (C=O) groups excluding carboxylic acids is 3. The summed E-state index contributed by atoms with van der Waals surface area (Å²) < 4.78 is 13.7. The highest BCUT2D eigenvalue weighted by molar-refractivity contribution is 6.31. The van der Waals surface area contributed by atoms with E-state index < -0.39 is 29.7 Å². The fourth-order valence-electron chi connectivity index (χ4n) is 4.49. The molecule has 2 heterocycles. The van der Waals surface area contributed by atoms with Gasteiger partial charge in [0.15, 0.2) is 0 Å². The van der Waals surface area contributed by atoms with Gasteiger partial charge in [-0.25, -0.2) is 4.39 Å². The Morgan fingerprint density at radius 3 is 2.62 bits per heavy atom. The summed E-state index contributed by atoms with van der Waals surface area (Å²) in [7, 11) is 0. The number of rotatable bonds is 8. The Bertz CT molecular complexity index is 1140. The van der Waals surface area contributed by atoms with Crippen LogP contribution < -0.4 is 16.0 Å². The summed E-state index contributed by atoms with van der Waals surface area (Å²) in [5, 5.41) is 18.3. The maximum Gasteiger partial charge on any atom is 0.268 e. The molecule has 2 aromatic rings. The minimum Gasteiger partial charge on any atom is -0.351 e. The number of nitriles is 1. The van der Waals surface area contributed by atoms with Gasteiger partial charge in [0.2, 0.25) is 11.8 Å². The van der Waals surface area contributed by atoms with E-state index in [-0.39, 0.29) is 34.5 Å². The molecule has 1 aromatic carbocycles. The average Bonchev–Trinajstić information content (AvgIpc) is 3.42. The van der Waals surface area contributed by atoms with Gasteiger partial charge in [-0.15, -0.1) is 0 Å². The lowest BCUT2D eigenvalue weighted by atomic mass is 9.92. The van der Waals surface area contributed by atoms with Crippen LogP contribution >= 0.6 is 11.6 Å². The van der Waals surface area contributed by atoms with Crippen molar-refractivity contribution in [2.45, 2.75) is 63.6 Å². The molecule has 1 saturated heterocycles. The third kappa shape index (κ3) is 5.50. The predicted molar refractivity (Wildman–Crippen MR) is 124 cm³/mol. The molecule has 8 nitrogen and oxygen atoms in total. The number of nitrogens with zero attached hydrogens (tertiary/aromatic N) is 1. The van der Waals surface area contributed by atoms with Crippen LogP contribution in [0.25, 0.3) is 10.9 Å². The van der Waals surface area contributed by atoms with Crippen molar-refractivity contribution in [3.05, 3.63) is 34.7 Å². The van der Waals surface area contributed by atoms with Crippen molar-refractivity contribution in [3.8, 4) is 6.07 Å². The van der Waals surface area contributed by atoms with Gasteiger partial charge in [0.05, 0.1) is 11.1 Å². The Balaban J connectivity index is 1.43. The van der Waals surface area contributed by atoms with Crippen LogP contribution in [0.5, 0.6) is 0 Å². The number of nitrogens with one attached hydrogen (secondary N) is 4. The zero-order chi connectivity index (χ0) is 24.6. The highest BCUT2D eigenvalue weighted by Gasteiger charge is 2.39. The molecule has 4 rings (SSSR count). The van der Waals surface area contributed by atoms with Crippen LogP contribution in [-0.4, -0.2) is 40.3 Å². The van der Waals surface area contributed by atoms with Gasteiger partial charge in [0.25, 0.3) is 5.91 Å². The summed E-state index contributed by atoms with van der Waals surface area (Å²) in [6.07, 6.45) is 3.18. The largest absolute Gasteiger partial charge is 0.351 e. The van der Waals surface area contributed by atoms with E-state index in [1.807, 2.05) is 13.8 Å². The molecule has 1 aromatic heterocycles. The quantitative estimate of drug-likeness (QED) is 0.456. The number of halogens is 2. The fraction of sp³-hybridized carbons (Fsp3) is 0.500. The van der Waals surface area contributed by atoms with E-state index in [0.29, 0.717) is 29.7 Å². The van der Waals surface area contributed by atoms with E-state index in [4.69, 9.17) is 11.6 Å². The first-order chi connectivity index (χ1) is 16.0. The Morgan fingerprint density at radius 2 is 2.00 bits per heavy atom. The molecular formula is C24H27ClFN5O3. The maximum absolute atomic E-state index is 13.7. The molecular weight excluding hydrogens is 461 g/mol. The minimum atomic E-state index is -0.853. The molecule has 0 spiro atoms. The second-order valence-corrected chi connectivity index (χ2v) is 10.3. The molecule has 3 amide bonds. The molecule has 1 aliphatic heterocycles. The number of hydrogen-bond donors (Lipinski definition) is 4. The first-order valence-electron chi connectivity index (χ1n) is 11.4. The number of fused-ring (bicyclic) bond motifs is 1. The van der Waals surface area contributed by atoms with Crippen molar-refractivity contribution in [1.29, 1.82) is 5.26 Å². The van der Waals surface area contributed by atoms with E-state index >= 15 is 0 Å². The third-order valence-corrected chi connectivity index (χ3v) is 6.67. The lowest BCUT2D eigenvalue weighted by molar-refractivity contribution is -0.125. The summed E-state index contributed by atoms with van der Waals surface area (Å²) in [5.41, 5.74) is 0.329. The Kier molecular flexibility index (Phi) is 6.54. The smallest absolute Gasteiger partial charge is 0.268 e. The van der Waals surface area contributed by atoms with E-state index in [2.05, 4.69) is 27.0 Å². The summed E-state index contributed by atoms with van der Waals surface area (Å²) in [4.78, 5) is 41.0. The zero-order valence-corrected chi connectivity index (χ0v) is 19.8. The Hall–Kier alpha value is -3.12. The monoisotopic (exact) mass is 487 g/mol. The molecule has 180 valence electrons. The predicted octanol–water partition coefficient (Wildman–Crippen LogP) is 3.17. The van der Waals surface area contributed by atoms with Crippen molar-refractivity contribution in [2.75, 3.05) is 0 Å². The molecule has 0 bridgehead atoms. The minimum absolute atomic E-state index is 0.0610. The number of hydrogen-bond acceptors (Lipinski definition) is 4. The van der Waals surface area contributed by atoms with Crippen LogP contribution in [0.15, 0.2) is 18.2 Å². The van der Waals surface area contributed by atoms with Crippen molar-refractivity contribution < 1.29 is 18.8 Å².